The Morgan fingerprint density at radius 2 is 0.891 bits per heavy atom. The van der Waals surface area contributed by atoms with E-state index in [1.54, 1.807) is 26.0 Å². The number of amides is 2. The Bertz CT molecular complexity index is 1040. The Kier molecular flexibility index (Phi) is 33.5. The first kappa shape index (κ1) is 56.7. The third-order valence-electron chi connectivity index (χ3n) is 9.38. The normalized spacial score (nSPS) is 15.1. The SMILES string of the molecule is C=CCCCCC(=O)NCC[N+](CCO)(CC(C)C(=O)[O-])CC(C)C(=O)O.C=CCCCCC(=O)NCC[N+](CCO)(CC(C)C(=O)[O-])CC(C)C(=O)O.[Ca+2]. The standard InChI is InChI=1S/2C19H34N2O6.Ca/c2*1-4-5-6-7-8-17(23)20-9-10-21(11-12-22,13-15(2)18(24)25)14-16(3)19(26)27;/h2*4,15-16,22H,1,5-14H2,2-3H3,(H2-,20,23,24,25,26,27);/q;;+2. The Hall–Kier alpha value is -2.60. The molecule has 0 aromatic heterocycles. The van der Waals surface area contributed by atoms with E-state index in [1.807, 2.05) is 0 Å². The summed E-state index contributed by atoms with van der Waals surface area (Å²) >= 11 is 0. The number of hydrogen-bond donors (Lipinski definition) is 6. The van der Waals surface area contributed by atoms with Gasteiger partial charge in [-0.2, -0.15) is 0 Å². The van der Waals surface area contributed by atoms with Crippen molar-refractivity contribution in [1.82, 2.24) is 10.6 Å². The number of carbonyl (C=O) groups excluding carboxylic acids is 4. The molecule has 0 aliphatic rings. The molecule has 0 aromatic carbocycles. The van der Waals surface area contributed by atoms with E-state index in [1.165, 1.54) is 13.8 Å². The van der Waals surface area contributed by atoms with Crippen LogP contribution in [0.5, 0.6) is 0 Å². The molecule has 0 saturated heterocycles. The van der Waals surface area contributed by atoms with Crippen LogP contribution in [-0.4, -0.2) is 181 Å². The second-order valence-electron chi connectivity index (χ2n) is 14.4. The number of rotatable bonds is 32. The van der Waals surface area contributed by atoms with Crippen molar-refractivity contribution in [3.05, 3.63) is 25.3 Å². The Morgan fingerprint density at radius 3 is 1.15 bits per heavy atom. The quantitative estimate of drug-likeness (QED) is 0.0210. The van der Waals surface area contributed by atoms with Crippen molar-refractivity contribution in [2.75, 3.05) is 78.7 Å². The van der Waals surface area contributed by atoms with Crippen LogP contribution in [0.1, 0.15) is 79.1 Å². The molecule has 0 rings (SSSR count). The topological polar surface area (TPSA) is 254 Å². The fourth-order valence-electron chi connectivity index (χ4n) is 6.35. The van der Waals surface area contributed by atoms with Crippen molar-refractivity contribution in [2.45, 2.75) is 79.1 Å². The van der Waals surface area contributed by atoms with Gasteiger partial charge in [-0.15, -0.1) is 13.2 Å². The molecule has 0 aliphatic carbocycles. The van der Waals surface area contributed by atoms with Gasteiger partial charge in [0.05, 0.1) is 65.6 Å². The van der Waals surface area contributed by atoms with E-state index in [-0.39, 0.29) is 124 Å². The zero-order valence-corrected chi connectivity index (χ0v) is 35.9. The van der Waals surface area contributed by atoms with Gasteiger partial charge in [-0.1, -0.05) is 26.0 Å². The summed E-state index contributed by atoms with van der Waals surface area (Å²) in [7, 11) is 0. The van der Waals surface area contributed by atoms with E-state index in [0.29, 0.717) is 25.9 Å². The van der Waals surface area contributed by atoms with E-state index < -0.39 is 47.5 Å². The molecule has 2 amide bonds. The zero-order chi connectivity index (χ0) is 41.7. The van der Waals surface area contributed by atoms with Gasteiger partial charge in [0.2, 0.25) is 11.8 Å². The van der Waals surface area contributed by atoms with Crippen molar-refractivity contribution < 1.29 is 68.4 Å². The molecule has 0 fully saturated rings. The van der Waals surface area contributed by atoms with E-state index in [2.05, 4.69) is 23.8 Å². The molecule has 16 nitrogen and oxygen atoms in total. The molecule has 0 aromatic rings. The van der Waals surface area contributed by atoms with E-state index in [9.17, 15) is 59.4 Å². The van der Waals surface area contributed by atoms with E-state index in [0.717, 1.165) is 38.5 Å². The van der Waals surface area contributed by atoms with Crippen LogP contribution in [0, 0.1) is 23.7 Å². The maximum absolute atomic E-state index is 11.9. The number of nitrogens with zero attached hydrogens (tertiary/aromatic N) is 2. The van der Waals surface area contributed by atoms with E-state index in [4.69, 9.17) is 0 Å². The second kappa shape index (κ2) is 32.5. The predicted octanol–water partition coefficient (Wildman–Crippen LogP) is -0.851. The van der Waals surface area contributed by atoms with Crippen LogP contribution in [0.25, 0.3) is 0 Å². The van der Waals surface area contributed by atoms with Gasteiger partial charge in [-0.25, -0.2) is 0 Å². The van der Waals surface area contributed by atoms with Gasteiger partial charge in [0.15, 0.2) is 0 Å². The minimum Gasteiger partial charge on any atom is -0.550 e. The Morgan fingerprint density at radius 1 is 0.582 bits per heavy atom. The van der Waals surface area contributed by atoms with Gasteiger partial charge >= 0.3 is 49.7 Å². The molecule has 17 heteroatoms. The van der Waals surface area contributed by atoms with Gasteiger partial charge < -0.3 is 59.8 Å². The number of carboxylic acid groups (broad SMARTS) is 4. The molecule has 6 atom stereocenters. The molecule has 0 saturated carbocycles. The molecule has 0 aliphatic heterocycles. The maximum atomic E-state index is 11.9. The van der Waals surface area contributed by atoms with Crippen molar-refractivity contribution in [3.63, 3.8) is 0 Å². The maximum Gasteiger partial charge on any atom is 2.00 e. The number of carboxylic acids is 4. The van der Waals surface area contributed by atoms with Crippen molar-refractivity contribution in [3.8, 4) is 0 Å². The summed E-state index contributed by atoms with van der Waals surface area (Å²) in [5.74, 6) is -7.61. The average Bonchev–Trinajstić information content (AvgIpc) is 3.08. The summed E-state index contributed by atoms with van der Waals surface area (Å²) in [5, 5.41) is 65.4. The summed E-state index contributed by atoms with van der Waals surface area (Å²) in [6.07, 6.45) is 9.42. The zero-order valence-electron chi connectivity index (χ0n) is 33.7. The minimum absolute atomic E-state index is 0. The summed E-state index contributed by atoms with van der Waals surface area (Å²) in [5.41, 5.74) is 0. The number of aliphatic hydroxyl groups excluding tert-OH is 2. The van der Waals surface area contributed by atoms with Crippen LogP contribution in [0.4, 0.5) is 0 Å². The van der Waals surface area contributed by atoms with Gasteiger partial charge in [-0.3, -0.25) is 19.2 Å². The van der Waals surface area contributed by atoms with Gasteiger partial charge in [0.1, 0.15) is 24.9 Å². The number of carbonyl (C=O) groups is 6. The van der Waals surface area contributed by atoms with Gasteiger partial charge in [0.25, 0.3) is 0 Å². The first-order valence-corrected chi connectivity index (χ1v) is 18.9. The molecule has 0 radical (unpaired) electrons. The Balaban J connectivity index is -0.000000966. The fourth-order valence-corrected chi connectivity index (χ4v) is 6.35. The fraction of sp³-hybridized carbons (Fsp3) is 0.737. The molecule has 6 N–H and O–H groups in total. The number of nitrogens with one attached hydrogen (secondary N) is 2. The third-order valence-corrected chi connectivity index (χ3v) is 9.38. The number of aliphatic carboxylic acids is 4. The summed E-state index contributed by atoms with van der Waals surface area (Å²) in [4.78, 5) is 68.7. The van der Waals surface area contributed by atoms with Crippen LogP contribution in [0.3, 0.4) is 0 Å². The van der Waals surface area contributed by atoms with Gasteiger partial charge in [-0.05, 0) is 52.4 Å². The first-order valence-electron chi connectivity index (χ1n) is 18.9. The number of quaternary nitrogens is 2. The van der Waals surface area contributed by atoms with Crippen LogP contribution in [-0.2, 0) is 28.8 Å². The largest absolute Gasteiger partial charge is 2.00 e. The summed E-state index contributed by atoms with van der Waals surface area (Å²) in [6, 6.07) is 0. The van der Waals surface area contributed by atoms with Crippen LogP contribution < -0.4 is 20.8 Å². The van der Waals surface area contributed by atoms with E-state index >= 15 is 0 Å². The molecular formula is C38H68CaN4O12+2. The molecule has 0 bridgehead atoms. The summed E-state index contributed by atoms with van der Waals surface area (Å²) < 4.78 is 0.186. The van der Waals surface area contributed by atoms with Gasteiger partial charge in [0, 0.05) is 36.6 Å². The molecule has 0 spiro atoms. The number of unbranched alkanes of at least 4 members (excludes halogenated alkanes) is 4. The van der Waals surface area contributed by atoms with Crippen LogP contribution in [0.2, 0.25) is 0 Å². The average molecular weight is 813 g/mol. The first-order chi connectivity index (χ1) is 25.3. The molecule has 6 unspecified atom stereocenters. The van der Waals surface area contributed by atoms with Crippen molar-refractivity contribution in [2.24, 2.45) is 23.7 Å². The molecule has 55 heavy (non-hydrogen) atoms. The molecule has 0 heterocycles. The smallest absolute Gasteiger partial charge is 0.550 e. The predicted molar refractivity (Wildman–Crippen MR) is 205 cm³/mol. The number of aliphatic hydroxyl groups is 2. The van der Waals surface area contributed by atoms with Crippen LogP contribution >= 0.6 is 0 Å². The monoisotopic (exact) mass is 812 g/mol. The minimum atomic E-state index is -1.22. The molecular weight excluding hydrogens is 745 g/mol. The summed E-state index contributed by atoms with van der Waals surface area (Å²) in [6.45, 7) is 15.2. The Labute approximate surface area is 357 Å². The number of hydrogen-bond acceptors (Lipinski definition) is 10. The number of allylic oxidation sites excluding steroid dienone is 2. The van der Waals surface area contributed by atoms with Crippen LogP contribution in [0.15, 0.2) is 25.3 Å². The third kappa shape index (κ3) is 27.6. The van der Waals surface area contributed by atoms with Crippen molar-refractivity contribution in [1.29, 1.82) is 0 Å². The second-order valence-corrected chi connectivity index (χ2v) is 14.4. The van der Waals surface area contributed by atoms with Crippen molar-refractivity contribution >= 4 is 73.4 Å². The molecule has 312 valence electrons.